The summed E-state index contributed by atoms with van der Waals surface area (Å²) in [5, 5.41) is 3.75. The number of hydrogen-bond acceptors (Lipinski definition) is 5. The Bertz CT molecular complexity index is 639. The lowest BCUT2D eigenvalue weighted by Crippen LogP contribution is -2.08. The Balaban J connectivity index is 2.21. The normalized spacial score (nSPS) is 10.5. The number of benzene rings is 1. The number of hydrogen-bond donors (Lipinski definition) is 0. The number of ether oxygens (including phenoxy) is 2. The molecule has 0 atom stereocenters. The highest BCUT2D eigenvalue weighted by Crippen LogP contribution is 2.23. The Hall–Kier alpha value is -2.44. The fraction of sp³-hybridized carbons (Fsp3) is 0.286. The molecule has 2 rings (SSSR count). The third-order valence-corrected chi connectivity index (χ3v) is 2.97. The molecule has 2 aromatic rings. The minimum Gasteiger partial charge on any atom is -0.488 e. The monoisotopic (exact) mass is 297 g/mol. The van der Waals surface area contributed by atoms with E-state index in [2.05, 4.69) is 9.89 Å². The van der Waals surface area contributed by atoms with Gasteiger partial charge in [0.15, 0.2) is 0 Å². The van der Waals surface area contributed by atoms with Crippen LogP contribution in [0.1, 0.15) is 27.4 Å². The number of halogens is 2. The molecule has 0 fully saturated rings. The van der Waals surface area contributed by atoms with Crippen molar-refractivity contribution in [1.29, 1.82) is 0 Å². The van der Waals surface area contributed by atoms with Crippen LogP contribution in [0.25, 0.3) is 0 Å². The highest BCUT2D eigenvalue weighted by molar-refractivity contribution is 5.90. The standard InChI is InChI=1S/C14H13F2NO4/c1-7-10(8(2)21-17-7)6-20-9-4-11(15)13(12(16)5-9)14(18)19-3/h4-5H,6H2,1-3H3. The zero-order valence-corrected chi connectivity index (χ0v) is 11.7. The highest BCUT2D eigenvalue weighted by Gasteiger charge is 2.20. The summed E-state index contributed by atoms with van der Waals surface area (Å²) in [4.78, 5) is 11.2. The molecule has 0 saturated heterocycles. The highest BCUT2D eigenvalue weighted by atomic mass is 19.1. The van der Waals surface area contributed by atoms with E-state index >= 15 is 0 Å². The number of methoxy groups -OCH3 is 1. The first-order chi connectivity index (χ1) is 9.93. The first-order valence-electron chi connectivity index (χ1n) is 6.06. The molecule has 0 saturated carbocycles. The minimum atomic E-state index is -1.08. The molecule has 0 bridgehead atoms. The van der Waals surface area contributed by atoms with Crippen molar-refractivity contribution in [1.82, 2.24) is 5.16 Å². The molecule has 0 radical (unpaired) electrons. The van der Waals surface area contributed by atoms with Crippen molar-refractivity contribution in [2.24, 2.45) is 0 Å². The molecule has 0 aliphatic heterocycles. The Morgan fingerprint density at radius 3 is 2.38 bits per heavy atom. The summed E-state index contributed by atoms with van der Waals surface area (Å²) >= 11 is 0. The Kier molecular flexibility index (Phi) is 4.21. The first kappa shape index (κ1) is 15.0. The Morgan fingerprint density at radius 2 is 1.90 bits per heavy atom. The van der Waals surface area contributed by atoms with Crippen molar-refractivity contribution in [2.75, 3.05) is 7.11 Å². The summed E-state index contributed by atoms with van der Waals surface area (Å²) < 4.78 is 42.0. The molecule has 1 aromatic carbocycles. The Labute approximate surface area is 119 Å². The van der Waals surface area contributed by atoms with Crippen LogP contribution >= 0.6 is 0 Å². The topological polar surface area (TPSA) is 61.6 Å². The first-order valence-corrected chi connectivity index (χ1v) is 6.06. The maximum absolute atomic E-state index is 13.7. The van der Waals surface area contributed by atoms with E-state index in [0.29, 0.717) is 17.0 Å². The molecule has 1 heterocycles. The van der Waals surface area contributed by atoms with Crippen LogP contribution in [0, 0.1) is 25.5 Å². The van der Waals surface area contributed by atoms with Crippen LogP contribution in [0.15, 0.2) is 16.7 Å². The smallest absolute Gasteiger partial charge is 0.343 e. The van der Waals surface area contributed by atoms with Crippen LogP contribution in [0.2, 0.25) is 0 Å². The quantitative estimate of drug-likeness (QED) is 0.812. The molecule has 0 aliphatic carbocycles. The van der Waals surface area contributed by atoms with Crippen LogP contribution in [-0.2, 0) is 11.3 Å². The number of aryl methyl sites for hydroxylation is 2. The second-order valence-electron chi connectivity index (χ2n) is 4.34. The van der Waals surface area contributed by atoms with Gasteiger partial charge in [0, 0.05) is 12.1 Å². The van der Waals surface area contributed by atoms with Crippen LogP contribution in [-0.4, -0.2) is 18.2 Å². The summed E-state index contributed by atoms with van der Waals surface area (Å²) in [6.45, 7) is 3.49. The van der Waals surface area contributed by atoms with Gasteiger partial charge in [0.1, 0.15) is 35.3 Å². The van der Waals surface area contributed by atoms with Gasteiger partial charge in [-0.3, -0.25) is 0 Å². The van der Waals surface area contributed by atoms with Gasteiger partial charge in [-0.05, 0) is 13.8 Å². The number of nitrogens with zero attached hydrogens (tertiary/aromatic N) is 1. The molecular weight excluding hydrogens is 284 g/mol. The summed E-state index contributed by atoms with van der Waals surface area (Å²) in [6.07, 6.45) is 0. The molecule has 21 heavy (non-hydrogen) atoms. The van der Waals surface area contributed by atoms with Crippen molar-refractivity contribution in [3.63, 3.8) is 0 Å². The molecule has 0 aliphatic rings. The lowest BCUT2D eigenvalue weighted by atomic mass is 10.2. The number of carbonyl (C=O) groups is 1. The second kappa shape index (κ2) is 5.90. The molecule has 0 amide bonds. The van der Waals surface area contributed by atoms with Gasteiger partial charge in [0.25, 0.3) is 0 Å². The molecule has 5 nitrogen and oxygen atoms in total. The number of esters is 1. The van der Waals surface area contributed by atoms with Gasteiger partial charge in [-0.15, -0.1) is 0 Å². The van der Waals surface area contributed by atoms with Gasteiger partial charge in [-0.2, -0.15) is 0 Å². The maximum Gasteiger partial charge on any atom is 0.343 e. The summed E-state index contributed by atoms with van der Waals surface area (Å²) in [5.74, 6) is -2.65. The van der Waals surface area contributed by atoms with E-state index in [1.807, 2.05) is 0 Å². The van der Waals surface area contributed by atoms with E-state index in [-0.39, 0.29) is 12.4 Å². The molecular formula is C14H13F2NO4. The number of carbonyl (C=O) groups excluding carboxylic acids is 1. The van der Waals surface area contributed by atoms with Gasteiger partial charge in [-0.25, -0.2) is 13.6 Å². The van der Waals surface area contributed by atoms with Crippen LogP contribution < -0.4 is 4.74 Å². The molecule has 0 unspecified atom stereocenters. The summed E-state index contributed by atoms with van der Waals surface area (Å²) in [5.41, 5.74) is 0.592. The maximum atomic E-state index is 13.7. The van der Waals surface area contributed by atoms with E-state index in [0.717, 1.165) is 19.2 Å². The predicted molar refractivity (Wildman–Crippen MR) is 68.0 cm³/mol. The average molecular weight is 297 g/mol. The molecule has 7 heteroatoms. The van der Waals surface area contributed by atoms with E-state index in [9.17, 15) is 13.6 Å². The fourth-order valence-electron chi connectivity index (χ4n) is 1.79. The van der Waals surface area contributed by atoms with Gasteiger partial charge < -0.3 is 14.0 Å². The zero-order chi connectivity index (χ0) is 15.6. The van der Waals surface area contributed by atoms with Crippen molar-refractivity contribution < 1.29 is 27.6 Å². The molecule has 0 N–H and O–H groups in total. The van der Waals surface area contributed by atoms with Crippen molar-refractivity contribution in [3.05, 3.63) is 46.3 Å². The molecule has 112 valence electrons. The van der Waals surface area contributed by atoms with Gasteiger partial charge >= 0.3 is 5.97 Å². The van der Waals surface area contributed by atoms with E-state index in [1.165, 1.54) is 0 Å². The third-order valence-electron chi connectivity index (χ3n) is 2.97. The van der Waals surface area contributed by atoms with Gasteiger partial charge in [-0.1, -0.05) is 5.16 Å². The minimum absolute atomic E-state index is 0.0438. The van der Waals surface area contributed by atoms with E-state index in [1.54, 1.807) is 13.8 Å². The van der Waals surface area contributed by atoms with Gasteiger partial charge in [0.2, 0.25) is 0 Å². The van der Waals surface area contributed by atoms with Crippen LogP contribution in [0.4, 0.5) is 8.78 Å². The zero-order valence-electron chi connectivity index (χ0n) is 11.7. The van der Waals surface area contributed by atoms with E-state index < -0.39 is 23.2 Å². The molecule has 1 aromatic heterocycles. The van der Waals surface area contributed by atoms with Crippen LogP contribution in [0.3, 0.4) is 0 Å². The lowest BCUT2D eigenvalue weighted by molar-refractivity contribution is 0.0589. The SMILES string of the molecule is COC(=O)c1c(F)cc(OCc2c(C)noc2C)cc1F. The third kappa shape index (κ3) is 3.01. The number of aromatic nitrogens is 1. The van der Waals surface area contributed by atoms with Crippen LogP contribution in [0.5, 0.6) is 5.75 Å². The van der Waals surface area contributed by atoms with Gasteiger partial charge in [0.05, 0.1) is 18.4 Å². The van der Waals surface area contributed by atoms with Crippen molar-refractivity contribution in [3.8, 4) is 5.75 Å². The summed E-state index contributed by atoms with van der Waals surface area (Å²) in [7, 11) is 1.04. The number of rotatable bonds is 4. The predicted octanol–water partition coefficient (Wildman–Crippen LogP) is 2.94. The average Bonchev–Trinajstić information content (AvgIpc) is 2.74. The largest absolute Gasteiger partial charge is 0.488 e. The lowest BCUT2D eigenvalue weighted by Gasteiger charge is -2.08. The fourth-order valence-corrected chi connectivity index (χ4v) is 1.79. The Morgan fingerprint density at radius 1 is 1.29 bits per heavy atom. The van der Waals surface area contributed by atoms with Crippen molar-refractivity contribution in [2.45, 2.75) is 20.5 Å². The van der Waals surface area contributed by atoms with E-state index in [4.69, 9.17) is 9.26 Å². The second-order valence-corrected chi connectivity index (χ2v) is 4.34. The summed E-state index contributed by atoms with van der Waals surface area (Å²) in [6, 6.07) is 1.85. The molecule has 0 spiro atoms. The van der Waals surface area contributed by atoms with Crippen molar-refractivity contribution >= 4 is 5.97 Å².